The monoisotopic (exact) mass is 495 g/mol. The van der Waals surface area contributed by atoms with Gasteiger partial charge in [-0.15, -0.1) is 0 Å². The number of rotatable bonds is 6. The SMILES string of the molecule is CCOc1ccccc1NC(=O)C1CCN(S(=O)(=O)c2ccc3[nH]c4c(c3c2)CCCCC4)CC1. The van der Waals surface area contributed by atoms with Gasteiger partial charge in [-0.05, 0) is 81.3 Å². The molecule has 7 nitrogen and oxygen atoms in total. The van der Waals surface area contributed by atoms with E-state index in [1.54, 1.807) is 6.07 Å². The van der Waals surface area contributed by atoms with E-state index in [1.807, 2.05) is 43.3 Å². The first-order chi connectivity index (χ1) is 17.0. The van der Waals surface area contributed by atoms with Crippen LogP contribution in [-0.2, 0) is 27.7 Å². The number of aromatic nitrogens is 1. The van der Waals surface area contributed by atoms with Crippen molar-refractivity contribution in [3.63, 3.8) is 0 Å². The number of ether oxygens (including phenoxy) is 1. The average molecular weight is 496 g/mol. The summed E-state index contributed by atoms with van der Waals surface area (Å²) in [6, 6.07) is 12.8. The second kappa shape index (κ2) is 10.0. The molecule has 2 N–H and O–H groups in total. The summed E-state index contributed by atoms with van der Waals surface area (Å²) >= 11 is 0. The molecule has 5 rings (SSSR count). The molecule has 0 atom stereocenters. The molecule has 2 heterocycles. The number of sulfonamides is 1. The maximum absolute atomic E-state index is 13.5. The number of anilines is 1. The first kappa shape index (κ1) is 23.9. The van der Waals surface area contributed by atoms with Gasteiger partial charge in [0.1, 0.15) is 5.75 Å². The zero-order valence-corrected chi connectivity index (χ0v) is 21.0. The van der Waals surface area contributed by atoms with Crippen molar-refractivity contribution >= 4 is 32.5 Å². The van der Waals surface area contributed by atoms with Crippen LogP contribution < -0.4 is 10.1 Å². The van der Waals surface area contributed by atoms with E-state index in [0.717, 1.165) is 30.2 Å². The quantitative estimate of drug-likeness (QED) is 0.477. The van der Waals surface area contributed by atoms with Gasteiger partial charge in [-0.3, -0.25) is 4.79 Å². The summed E-state index contributed by atoms with van der Waals surface area (Å²) in [6.45, 7) is 3.08. The van der Waals surface area contributed by atoms with Crippen LogP contribution in [0.2, 0.25) is 0 Å². The molecule has 0 bridgehead atoms. The molecular formula is C27H33N3O4S. The summed E-state index contributed by atoms with van der Waals surface area (Å²) in [4.78, 5) is 16.7. The Morgan fingerprint density at radius 3 is 2.66 bits per heavy atom. The number of hydrogen-bond acceptors (Lipinski definition) is 4. The molecule has 1 aliphatic carbocycles. The maximum Gasteiger partial charge on any atom is 0.243 e. The normalized spacial score (nSPS) is 17.6. The second-order valence-corrected chi connectivity index (χ2v) is 11.4. The Morgan fingerprint density at radius 1 is 1.09 bits per heavy atom. The van der Waals surface area contributed by atoms with E-state index in [-0.39, 0.29) is 11.8 Å². The maximum atomic E-state index is 13.5. The van der Waals surface area contributed by atoms with E-state index in [9.17, 15) is 13.2 Å². The van der Waals surface area contributed by atoms with E-state index >= 15 is 0 Å². The number of H-pyrrole nitrogens is 1. The lowest BCUT2D eigenvalue weighted by Gasteiger charge is -2.30. The number of fused-ring (bicyclic) bond motifs is 3. The molecule has 2 aliphatic rings. The molecule has 1 fully saturated rings. The van der Waals surface area contributed by atoms with Crippen molar-refractivity contribution in [2.45, 2.75) is 56.8 Å². The highest BCUT2D eigenvalue weighted by Crippen LogP contribution is 2.32. The third kappa shape index (κ3) is 4.82. The summed E-state index contributed by atoms with van der Waals surface area (Å²) in [5.41, 5.74) is 4.19. The Labute approximate surface area is 206 Å². The summed E-state index contributed by atoms with van der Waals surface area (Å²) in [5.74, 6) is 0.311. The molecule has 2 aromatic carbocycles. The molecular weight excluding hydrogens is 462 g/mol. The fraction of sp³-hybridized carbons (Fsp3) is 0.444. The van der Waals surface area contributed by atoms with Crippen molar-refractivity contribution < 1.29 is 17.9 Å². The second-order valence-electron chi connectivity index (χ2n) is 9.45. The van der Waals surface area contributed by atoms with Crippen LogP contribution in [0.1, 0.15) is 50.3 Å². The minimum Gasteiger partial charge on any atom is -0.492 e. The van der Waals surface area contributed by atoms with Gasteiger partial charge in [0, 0.05) is 35.6 Å². The fourth-order valence-electron chi connectivity index (χ4n) is 5.32. The first-order valence-electron chi connectivity index (χ1n) is 12.6. The molecule has 1 aromatic heterocycles. The number of hydrogen-bond donors (Lipinski definition) is 2. The van der Waals surface area contributed by atoms with E-state index in [0.29, 0.717) is 48.9 Å². The molecule has 35 heavy (non-hydrogen) atoms. The number of aromatic amines is 1. The van der Waals surface area contributed by atoms with Gasteiger partial charge in [0.15, 0.2) is 0 Å². The Hall–Kier alpha value is -2.84. The molecule has 0 spiro atoms. The van der Waals surface area contributed by atoms with Crippen molar-refractivity contribution in [3.8, 4) is 5.75 Å². The van der Waals surface area contributed by atoms with Crippen LogP contribution >= 0.6 is 0 Å². The zero-order chi connectivity index (χ0) is 24.4. The van der Waals surface area contributed by atoms with Gasteiger partial charge >= 0.3 is 0 Å². The zero-order valence-electron chi connectivity index (χ0n) is 20.2. The van der Waals surface area contributed by atoms with Crippen LogP contribution in [0.5, 0.6) is 5.75 Å². The number of amides is 1. The van der Waals surface area contributed by atoms with Crippen LogP contribution in [0, 0.1) is 5.92 Å². The lowest BCUT2D eigenvalue weighted by molar-refractivity contribution is -0.120. The first-order valence-corrected chi connectivity index (χ1v) is 14.1. The number of nitrogens with zero attached hydrogens (tertiary/aromatic N) is 1. The van der Waals surface area contributed by atoms with Crippen LogP contribution in [0.15, 0.2) is 47.4 Å². The Kier molecular flexibility index (Phi) is 6.84. The smallest absolute Gasteiger partial charge is 0.243 e. The Morgan fingerprint density at radius 2 is 1.86 bits per heavy atom. The van der Waals surface area contributed by atoms with E-state index in [2.05, 4.69) is 10.3 Å². The van der Waals surface area contributed by atoms with Crippen molar-refractivity contribution in [3.05, 3.63) is 53.7 Å². The lowest BCUT2D eigenvalue weighted by atomic mass is 9.97. The van der Waals surface area contributed by atoms with Crippen molar-refractivity contribution in [1.82, 2.24) is 9.29 Å². The highest BCUT2D eigenvalue weighted by atomic mass is 32.2. The molecule has 0 unspecified atom stereocenters. The molecule has 186 valence electrons. The van der Waals surface area contributed by atoms with Gasteiger partial charge in [-0.2, -0.15) is 4.31 Å². The lowest BCUT2D eigenvalue weighted by Crippen LogP contribution is -2.41. The highest BCUT2D eigenvalue weighted by molar-refractivity contribution is 7.89. The summed E-state index contributed by atoms with van der Waals surface area (Å²) in [5, 5.41) is 4.00. The van der Waals surface area contributed by atoms with Crippen LogP contribution in [0.25, 0.3) is 10.9 Å². The number of para-hydroxylation sites is 2. The molecule has 1 aliphatic heterocycles. The predicted molar refractivity (Wildman–Crippen MR) is 137 cm³/mol. The number of aryl methyl sites for hydroxylation is 2. The third-order valence-corrected chi connectivity index (χ3v) is 9.12. The molecule has 1 amide bonds. The summed E-state index contributed by atoms with van der Waals surface area (Å²) in [7, 11) is -3.62. The molecule has 1 saturated heterocycles. The summed E-state index contributed by atoms with van der Waals surface area (Å²) < 4.78 is 34.1. The van der Waals surface area contributed by atoms with E-state index in [4.69, 9.17) is 4.74 Å². The Bertz CT molecular complexity index is 1320. The number of benzene rings is 2. The van der Waals surface area contributed by atoms with E-state index in [1.165, 1.54) is 28.4 Å². The topological polar surface area (TPSA) is 91.5 Å². The van der Waals surface area contributed by atoms with Crippen LogP contribution in [0.3, 0.4) is 0 Å². The number of nitrogens with one attached hydrogen (secondary N) is 2. The Balaban J connectivity index is 1.28. The standard InChI is InChI=1S/C27H33N3O4S/c1-2-34-26-11-7-6-10-25(26)29-27(31)19-14-16-30(17-15-19)35(32,33)20-12-13-24-22(18-20)21-8-4-3-5-9-23(21)28-24/h6-7,10-13,18-19,28H,2-5,8-9,14-17H2,1H3,(H,29,31). The minimum atomic E-state index is -3.62. The van der Waals surface area contributed by atoms with Crippen molar-refractivity contribution in [2.24, 2.45) is 5.92 Å². The van der Waals surface area contributed by atoms with Gasteiger partial charge in [0.05, 0.1) is 17.2 Å². The largest absolute Gasteiger partial charge is 0.492 e. The van der Waals surface area contributed by atoms with Gasteiger partial charge in [-0.25, -0.2) is 8.42 Å². The molecule has 8 heteroatoms. The van der Waals surface area contributed by atoms with Crippen LogP contribution in [0.4, 0.5) is 5.69 Å². The third-order valence-electron chi connectivity index (χ3n) is 7.23. The van der Waals surface area contributed by atoms with Crippen molar-refractivity contribution in [2.75, 3.05) is 25.0 Å². The fourth-order valence-corrected chi connectivity index (χ4v) is 6.81. The molecule has 3 aromatic rings. The summed E-state index contributed by atoms with van der Waals surface area (Å²) in [6.07, 6.45) is 6.52. The molecule has 0 saturated carbocycles. The average Bonchev–Trinajstić information content (AvgIpc) is 3.05. The number of carbonyl (C=O) groups is 1. The van der Waals surface area contributed by atoms with Gasteiger partial charge in [0.25, 0.3) is 0 Å². The van der Waals surface area contributed by atoms with Crippen LogP contribution in [-0.4, -0.2) is 43.3 Å². The predicted octanol–water partition coefficient (Wildman–Crippen LogP) is 4.87. The number of piperidine rings is 1. The van der Waals surface area contributed by atoms with Gasteiger partial charge in [0.2, 0.25) is 15.9 Å². The highest BCUT2D eigenvalue weighted by Gasteiger charge is 2.32. The molecule has 0 radical (unpaired) electrons. The van der Waals surface area contributed by atoms with Gasteiger partial charge in [-0.1, -0.05) is 18.6 Å². The van der Waals surface area contributed by atoms with Gasteiger partial charge < -0.3 is 15.0 Å². The van der Waals surface area contributed by atoms with Crippen molar-refractivity contribution in [1.29, 1.82) is 0 Å². The van der Waals surface area contributed by atoms with E-state index < -0.39 is 10.0 Å². The number of carbonyl (C=O) groups excluding carboxylic acids is 1. The minimum absolute atomic E-state index is 0.0920.